The molecule has 0 unspecified atom stereocenters. The Morgan fingerprint density at radius 2 is 1.63 bits per heavy atom. The lowest BCUT2D eigenvalue weighted by molar-refractivity contribution is -0.138. The number of anilines is 2. The number of rotatable bonds is 6. The molecule has 2 amide bonds. The van der Waals surface area contributed by atoms with Crippen molar-refractivity contribution in [3.8, 4) is 11.1 Å². The van der Waals surface area contributed by atoms with Gasteiger partial charge in [-0.3, -0.25) is 19.9 Å². The van der Waals surface area contributed by atoms with E-state index in [-0.39, 0.29) is 16.8 Å². The van der Waals surface area contributed by atoms with E-state index in [9.17, 15) is 27.6 Å². The molecule has 35 heavy (non-hydrogen) atoms. The molecule has 3 N–H and O–H groups in total. The van der Waals surface area contributed by atoms with Crippen LogP contribution < -0.4 is 10.6 Å². The highest BCUT2D eigenvalue weighted by molar-refractivity contribution is 6.12. The maximum absolute atomic E-state index is 13.3. The molecule has 7 nitrogen and oxygen atoms in total. The number of nitrogens with one attached hydrogen (secondary N) is 2. The maximum Gasteiger partial charge on any atom is 0.416 e. The number of halogens is 3. The van der Waals surface area contributed by atoms with Crippen LogP contribution in [0.15, 0.2) is 48.7 Å². The van der Waals surface area contributed by atoms with Gasteiger partial charge in [-0.2, -0.15) is 13.2 Å². The number of carbonyl (C=O) groups is 3. The van der Waals surface area contributed by atoms with Crippen molar-refractivity contribution in [1.29, 1.82) is 0 Å². The van der Waals surface area contributed by atoms with Crippen LogP contribution in [0.4, 0.5) is 29.3 Å². The average Bonchev–Trinajstić information content (AvgIpc) is 2.74. The highest BCUT2D eigenvalue weighted by Crippen LogP contribution is 2.37. The average molecular weight is 485 g/mol. The number of carbonyl (C=O) groups excluding carboxylic acids is 2. The fraction of sp³-hybridized carbons (Fsp3) is 0.200. The first-order valence-electron chi connectivity index (χ1n) is 10.4. The number of hydrogen-bond acceptors (Lipinski definition) is 4. The molecule has 0 aliphatic carbocycles. The van der Waals surface area contributed by atoms with Crippen molar-refractivity contribution < 1.29 is 32.7 Å². The van der Waals surface area contributed by atoms with E-state index in [1.807, 2.05) is 25.2 Å². The standard InChI is InChI=1S/C25H22F3N3O4/c1-13-7-15(3)29-12-18(13)16-5-4-6-17(9-16)22(32)11-23(33)30-21-10-19(25(26,27)28)14(2)8-20(21)31-24(34)35/h4-10,12,31H,11H2,1-3H3,(H,30,33)(H,34,35). The Balaban J connectivity index is 1.83. The highest BCUT2D eigenvalue weighted by atomic mass is 19.4. The minimum Gasteiger partial charge on any atom is -0.465 e. The Hall–Kier alpha value is -4.21. The van der Waals surface area contributed by atoms with Crippen molar-refractivity contribution >= 4 is 29.2 Å². The van der Waals surface area contributed by atoms with Crippen LogP contribution in [0, 0.1) is 20.8 Å². The van der Waals surface area contributed by atoms with Crippen molar-refractivity contribution in [2.45, 2.75) is 33.4 Å². The number of amides is 2. The van der Waals surface area contributed by atoms with Gasteiger partial charge in [0, 0.05) is 23.0 Å². The zero-order valence-corrected chi connectivity index (χ0v) is 19.1. The molecule has 1 aromatic heterocycles. The van der Waals surface area contributed by atoms with Crippen molar-refractivity contribution in [3.63, 3.8) is 0 Å². The number of Topliss-reactive ketones (excluding diaryl/α,β-unsaturated/α-hetero) is 1. The molecule has 0 atom stereocenters. The Morgan fingerprint density at radius 3 is 2.26 bits per heavy atom. The summed E-state index contributed by atoms with van der Waals surface area (Å²) in [5, 5.41) is 13.2. The third-order valence-electron chi connectivity index (χ3n) is 5.25. The van der Waals surface area contributed by atoms with E-state index in [1.54, 1.807) is 24.4 Å². The van der Waals surface area contributed by atoms with Gasteiger partial charge in [0.05, 0.1) is 23.4 Å². The Morgan fingerprint density at radius 1 is 0.943 bits per heavy atom. The van der Waals surface area contributed by atoms with Gasteiger partial charge >= 0.3 is 12.3 Å². The Kier molecular flexibility index (Phi) is 7.23. The molecule has 0 bridgehead atoms. The van der Waals surface area contributed by atoms with Gasteiger partial charge in [0.1, 0.15) is 0 Å². The van der Waals surface area contributed by atoms with E-state index < -0.39 is 41.6 Å². The summed E-state index contributed by atoms with van der Waals surface area (Å²) >= 11 is 0. The first-order valence-corrected chi connectivity index (χ1v) is 10.4. The Bertz CT molecular complexity index is 1320. The van der Waals surface area contributed by atoms with E-state index in [1.165, 1.54) is 13.0 Å². The molecule has 182 valence electrons. The van der Waals surface area contributed by atoms with Crippen molar-refractivity contribution in [2.24, 2.45) is 0 Å². The van der Waals surface area contributed by atoms with Gasteiger partial charge in [-0.25, -0.2) is 4.79 Å². The minimum absolute atomic E-state index is 0.229. The number of aromatic nitrogens is 1. The SMILES string of the molecule is Cc1cc(C)c(-c2cccc(C(=O)CC(=O)Nc3cc(C(F)(F)F)c(C)cc3NC(=O)O)c2)cn1. The largest absolute Gasteiger partial charge is 0.465 e. The molecule has 0 aliphatic heterocycles. The van der Waals surface area contributed by atoms with Gasteiger partial charge < -0.3 is 10.4 Å². The lowest BCUT2D eigenvalue weighted by Crippen LogP contribution is -2.20. The summed E-state index contributed by atoms with van der Waals surface area (Å²) in [5.41, 5.74) is 1.67. The zero-order chi connectivity index (χ0) is 25.9. The first-order chi connectivity index (χ1) is 16.3. The monoisotopic (exact) mass is 485 g/mol. The number of nitrogens with zero attached hydrogens (tertiary/aromatic N) is 1. The molecule has 3 rings (SSSR count). The van der Waals surface area contributed by atoms with Crippen molar-refractivity contribution in [1.82, 2.24) is 4.98 Å². The summed E-state index contributed by atoms with van der Waals surface area (Å²) in [7, 11) is 0. The third kappa shape index (κ3) is 6.23. The summed E-state index contributed by atoms with van der Waals surface area (Å²) in [4.78, 5) is 40.6. The van der Waals surface area contributed by atoms with Crippen molar-refractivity contribution in [2.75, 3.05) is 10.6 Å². The molecule has 10 heteroatoms. The predicted octanol–water partition coefficient (Wildman–Crippen LogP) is 5.99. The Labute approximate surface area is 199 Å². The summed E-state index contributed by atoms with van der Waals surface area (Å²) in [6.45, 7) is 4.94. The van der Waals surface area contributed by atoms with Crippen LogP contribution in [0.5, 0.6) is 0 Å². The van der Waals surface area contributed by atoms with E-state index >= 15 is 0 Å². The summed E-state index contributed by atoms with van der Waals surface area (Å²) in [6, 6.07) is 10.1. The quantitative estimate of drug-likeness (QED) is 0.293. The fourth-order valence-electron chi connectivity index (χ4n) is 3.64. The first kappa shape index (κ1) is 25.4. The van der Waals surface area contributed by atoms with Gasteiger partial charge in [0.25, 0.3) is 0 Å². The highest BCUT2D eigenvalue weighted by Gasteiger charge is 2.33. The van der Waals surface area contributed by atoms with Gasteiger partial charge in [0.2, 0.25) is 5.91 Å². The lowest BCUT2D eigenvalue weighted by atomic mass is 9.98. The fourth-order valence-corrected chi connectivity index (χ4v) is 3.64. The molecule has 0 saturated carbocycles. The van der Waals surface area contributed by atoms with Crippen LogP contribution in [0.2, 0.25) is 0 Å². The van der Waals surface area contributed by atoms with E-state index in [2.05, 4.69) is 10.3 Å². The number of benzene rings is 2. The molecule has 0 spiro atoms. The molecule has 0 aliphatic rings. The summed E-state index contributed by atoms with van der Waals surface area (Å²) < 4.78 is 39.9. The second-order valence-electron chi connectivity index (χ2n) is 8.01. The molecule has 0 fully saturated rings. The van der Waals surface area contributed by atoms with Crippen LogP contribution >= 0.6 is 0 Å². The number of pyridine rings is 1. The van der Waals surface area contributed by atoms with Gasteiger partial charge in [-0.1, -0.05) is 18.2 Å². The molecule has 0 saturated heterocycles. The van der Waals surface area contributed by atoms with E-state index in [0.717, 1.165) is 28.5 Å². The molecule has 2 aromatic carbocycles. The lowest BCUT2D eigenvalue weighted by Gasteiger charge is -2.17. The minimum atomic E-state index is -4.72. The third-order valence-corrected chi connectivity index (χ3v) is 5.25. The smallest absolute Gasteiger partial charge is 0.416 e. The molecule has 0 radical (unpaired) electrons. The van der Waals surface area contributed by atoms with Gasteiger partial charge in [-0.15, -0.1) is 0 Å². The zero-order valence-electron chi connectivity index (χ0n) is 19.1. The number of hydrogen-bond donors (Lipinski definition) is 3. The van der Waals surface area contributed by atoms with E-state index in [4.69, 9.17) is 5.11 Å². The van der Waals surface area contributed by atoms with Crippen LogP contribution in [0.25, 0.3) is 11.1 Å². The van der Waals surface area contributed by atoms with Gasteiger partial charge in [-0.05, 0) is 61.7 Å². The second-order valence-corrected chi connectivity index (χ2v) is 8.01. The number of aryl methyl sites for hydroxylation is 3. The van der Waals surface area contributed by atoms with Gasteiger partial charge in [0.15, 0.2) is 5.78 Å². The number of ketones is 1. The molecule has 3 aromatic rings. The van der Waals surface area contributed by atoms with E-state index in [0.29, 0.717) is 6.07 Å². The van der Waals surface area contributed by atoms with Crippen LogP contribution in [0.3, 0.4) is 0 Å². The van der Waals surface area contributed by atoms with Crippen LogP contribution in [0.1, 0.15) is 39.2 Å². The van der Waals surface area contributed by atoms with Crippen LogP contribution in [-0.2, 0) is 11.0 Å². The number of carboxylic acid groups (broad SMARTS) is 1. The summed E-state index contributed by atoms with van der Waals surface area (Å²) in [6.07, 6.45) is -5.21. The molecular weight excluding hydrogens is 463 g/mol. The topological polar surface area (TPSA) is 108 Å². The molecular formula is C25H22F3N3O4. The normalized spacial score (nSPS) is 11.1. The number of alkyl halides is 3. The second kappa shape index (κ2) is 9.96. The summed E-state index contributed by atoms with van der Waals surface area (Å²) in [5.74, 6) is -1.45. The maximum atomic E-state index is 13.3. The molecule has 1 heterocycles. The van der Waals surface area contributed by atoms with Crippen molar-refractivity contribution in [3.05, 3.63) is 76.6 Å². The predicted molar refractivity (Wildman–Crippen MR) is 125 cm³/mol. The van der Waals surface area contributed by atoms with Crippen LogP contribution in [-0.4, -0.2) is 27.9 Å².